The Kier molecular flexibility index (Phi) is 1.69. The minimum Gasteiger partial charge on any atom is -0.384 e. The fourth-order valence-electron chi connectivity index (χ4n) is 2.47. The van der Waals surface area contributed by atoms with Crippen LogP contribution in [0.1, 0.15) is 26.2 Å². The zero-order valence-electron chi connectivity index (χ0n) is 7.30. The molecule has 2 atom stereocenters. The molecule has 0 aromatic carbocycles. The van der Waals surface area contributed by atoms with Gasteiger partial charge in [-0.1, -0.05) is 6.92 Å². The maximum Gasteiger partial charge on any atom is 0.0609 e. The predicted octanol–water partition coefficient (Wildman–Crippen LogP) is 1.59. The lowest BCUT2D eigenvalue weighted by atomic mass is 9.70. The number of hydrogen-bond donors (Lipinski definition) is 0. The van der Waals surface area contributed by atoms with Crippen molar-refractivity contribution in [1.29, 1.82) is 0 Å². The summed E-state index contributed by atoms with van der Waals surface area (Å²) >= 11 is 0. The monoisotopic (exact) mass is 156 g/mol. The molecule has 0 aromatic rings. The maximum atomic E-state index is 5.56. The normalized spacial score (nSPS) is 48.5. The Bertz CT molecular complexity index is 140. The van der Waals surface area contributed by atoms with E-state index < -0.39 is 0 Å². The summed E-state index contributed by atoms with van der Waals surface area (Å²) in [5, 5.41) is 0. The summed E-state index contributed by atoms with van der Waals surface area (Å²) in [6.45, 7) is 3.20. The van der Waals surface area contributed by atoms with Gasteiger partial charge in [-0.3, -0.25) is 0 Å². The van der Waals surface area contributed by atoms with Gasteiger partial charge in [0.25, 0.3) is 0 Å². The Morgan fingerprint density at radius 3 is 2.45 bits per heavy atom. The molecule has 2 saturated heterocycles. The second-order valence-electron chi connectivity index (χ2n) is 4.27. The largest absolute Gasteiger partial charge is 0.384 e. The molecule has 0 aromatic heterocycles. The van der Waals surface area contributed by atoms with Crippen molar-refractivity contribution < 1.29 is 9.47 Å². The third kappa shape index (κ3) is 1.30. The first-order chi connectivity index (χ1) is 5.22. The number of hydrogen-bond acceptors (Lipinski definition) is 2. The Hall–Kier alpha value is -0.0800. The Balaban J connectivity index is 1.94. The molecule has 0 spiro atoms. The van der Waals surface area contributed by atoms with E-state index in [2.05, 4.69) is 6.92 Å². The molecule has 3 fully saturated rings. The van der Waals surface area contributed by atoms with Gasteiger partial charge in [-0.2, -0.15) is 0 Å². The number of methoxy groups -OCH3 is 1. The van der Waals surface area contributed by atoms with Crippen molar-refractivity contribution in [2.24, 2.45) is 5.41 Å². The van der Waals surface area contributed by atoms with Crippen molar-refractivity contribution in [3.63, 3.8) is 0 Å². The molecule has 1 aliphatic carbocycles. The van der Waals surface area contributed by atoms with Gasteiger partial charge >= 0.3 is 0 Å². The van der Waals surface area contributed by atoms with Crippen LogP contribution in [0, 0.1) is 5.41 Å². The molecule has 1 saturated carbocycles. The second-order valence-corrected chi connectivity index (χ2v) is 4.27. The van der Waals surface area contributed by atoms with Crippen LogP contribution in [0.2, 0.25) is 0 Å². The van der Waals surface area contributed by atoms with Crippen molar-refractivity contribution in [3.05, 3.63) is 0 Å². The third-order valence-corrected chi connectivity index (χ3v) is 2.84. The first kappa shape index (κ1) is 7.56. The highest BCUT2D eigenvalue weighted by molar-refractivity contribution is 4.94. The van der Waals surface area contributed by atoms with E-state index in [-0.39, 0.29) is 0 Å². The fourth-order valence-corrected chi connectivity index (χ4v) is 2.47. The molecule has 2 nitrogen and oxygen atoms in total. The average Bonchev–Trinajstić information content (AvgIpc) is 1.84. The quantitative estimate of drug-likeness (QED) is 0.604. The number of fused-ring (bicyclic) bond motifs is 2. The van der Waals surface area contributed by atoms with Gasteiger partial charge in [-0.15, -0.1) is 0 Å². The maximum absolute atomic E-state index is 5.56. The van der Waals surface area contributed by atoms with Crippen LogP contribution in [0.4, 0.5) is 0 Å². The van der Waals surface area contributed by atoms with Crippen molar-refractivity contribution in [1.82, 2.24) is 0 Å². The van der Waals surface area contributed by atoms with Crippen molar-refractivity contribution in [3.8, 4) is 0 Å². The highest BCUT2D eigenvalue weighted by Crippen LogP contribution is 2.45. The molecule has 2 heteroatoms. The summed E-state index contributed by atoms with van der Waals surface area (Å²) in [6.07, 6.45) is 4.77. The molecule has 2 bridgehead atoms. The molecular weight excluding hydrogens is 140 g/mol. The van der Waals surface area contributed by atoms with E-state index in [0.29, 0.717) is 17.6 Å². The Labute approximate surface area is 67.9 Å². The molecule has 2 heterocycles. The van der Waals surface area contributed by atoms with Crippen LogP contribution in [0.15, 0.2) is 0 Å². The first-order valence-electron chi connectivity index (χ1n) is 4.36. The number of rotatable bonds is 2. The van der Waals surface area contributed by atoms with Gasteiger partial charge in [0.15, 0.2) is 0 Å². The molecule has 3 aliphatic rings. The summed E-state index contributed by atoms with van der Waals surface area (Å²) in [4.78, 5) is 0. The van der Waals surface area contributed by atoms with E-state index in [0.717, 1.165) is 6.61 Å². The summed E-state index contributed by atoms with van der Waals surface area (Å²) in [7, 11) is 1.78. The highest BCUT2D eigenvalue weighted by atomic mass is 16.5. The van der Waals surface area contributed by atoms with Crippen LogP contribution in [0.5, 0.6) is 0 Å². The van der Waals surface area contributed by atoms with Crippen molar-refractivity contribution in [2.45, 2.75) is 38.4 Å². The smallest absolute Gasteiger partial charge is 0.0609 e. The third-order valence-electron chi connectivity index (χ3n) is 2.84. The molecule has 0 N–H and O–H groups in total. The van der Waals surface area contributed by atoms with Gasteiger partial charge in [0.05, 0.1) is 18.8 Å². The minimum atomic E-state index is 0.403. The first-order valence-corrected chi connectivity index (χ1v) is 4.36. The summed E-state index contributed by atoms with van der Waals surface area (Å²) < 4.78 is 10.8. The van der Waals surface area contributed by atoms with E-state index in [9.17, 15) is 0 Å². The van der Waals surface area contributed by atoms with Crippen LogP contribution in [-0.2, 0) is 9.47 Å². The van der Waals surface area contributed by atoms with Crippen LogP contribution >= 0.6 is 0 Å². The fraction of sp³-hybridized carbons (Fsp3) is 1.00. The zero-order valence-corrected chi connectivity index (χ0v) is 7.30. The zero-order chi connectivity index (χ0) is 7.90. The summed E-state index contributed by atoms with van der Waals surface area (Å²) in [5.41, 5.74) is 0.403. The molecule has 0 radical (unpaired) electrons. The average molecular weight is 156 g/mol. The number of ether oxygens (including phenoxy) is 2. The molecule has 0 amide bonds. The lowest BCUT2D eigenvalue weighted by Crippen LogP contribution is -2.50. The van der Waals surface area contributed by atoms with E-state index >= 15 is 0 Å². The molecule has 3 rings (SSSR count). The lowest BCUT2D eigenvalue weighted by Gasteiger charge is -2.50. The van der Waals surface area contributed by atoms with Crippen molar-refractivity contribution >= 4 is 0 Å². The summed E-state index contributed by atoms with van der Waals surface area (Å²) in [5.74, 6) is 0. The van der Waals surface area contributed by atoms with Crippen LogP contribution in [0.25, 0.3) is 0 Å². The predicted molar refractivity (Wildman–Crippen MR) is 42.5 cm³/mol. The lowest BCUT2D eigenvalue weighted by molar-refractivity contribution is -0.202. The molecule has 2 unspecified atom stereocenters. The Morgan fingerprint density at radius 1 is 1.45 bits per heavy atom. The topological polar surface area (TPSA) is 18.5 Å². The minimum absolute atomic E-state index is 0.403. The highest BCUT2D eigenvalue weighted by Gasteiger charge is 2.45. The standard InChI is InChI=1S/C9H16O2/c1-9(6-10-2)4-7-3-8(5-9)11-7/h7-8H,3-6H2,1-2H3. The SMILES string of the molecule is COCC1(C)CC2CC(C1)O2. The van der Waals surface area contributed by atoms with Crippen LogP contribution in [0.3, 0.4) is 0 Å². The van der Waals surface area contributed by atoms with E-state index in [1.807, 2.05) is 0 Å². The van der Waals surface area contributed by atoms with Crippen LogP contribution in [-0.4, -0.2) is 25.9 Å². The van der Waals surface area contributed by atoms with Gasteiger partial charge in [0, 0.05) is 7.11 Å². The van der Waals surface area contributed by atoms with E-state index in [4.69, 9.17) is 9.47 Å². The Morgan fingerprint density at radius 2 is 2.00 bits per heavy atom. The van der Waals surface area contributed by atoms with Gasteiger partial charge < -0.3 is 9.47 Å². The molecule has 11 heavy (non-hydrogen) atoms. The van der Waals surface area contributed by atoms with E-state index in [1.54, 1.807) is 7.11 Å². The molecular formula is C9H16O2. The van der Waals surface area contributed by atoms with Gasteiger partial charge in [-0.05, 0) is 24.7 Å². The molecule has 64 valence electrons. The van der Waals surface area contributed by atoms with Gasteiger partial charge in [-0.25, -0.2) is 0 Å². The van der Waals surface area contributed by atoms with Crippen molar-refractivity contribution in [2.75, 3.05) is 13.7 Å². The van der Waals surface area contributed by atoms with Gasteiger partial charge in [0.2, 0.25) is 0 Å². The molecule has 2 aliphatic heterocycles. The van der Waals surface area contributed by atoms with E-state index in [1.165, 1.54) is 19.3 Å². The van der Waals surface area contributed by atoms with Gasteiger partial charge in [0.1, 0.15) is 0 Å². The van der Waals surface area contributed by atoms with Crippen LogP contribution < -0.4 is 0 Å². The second kappa shape index (κ2) is 2.46. The summed E-state index contributed by atoms with van der Waals surface area (Å²) in [6, 6.07) is 0.